The molecule has 7 heteroatoms. The molecular weight excluding hydrogens is 451 g/mol. The van der Waals surface area contributed by atoms with E-state index in [2.05, 4.69) is 5.32 Å². The highest BCUT2D eigenvalue weighted by Crippen LogP contribution is 2.38. The van der Waals surface area contributed by atoms with E-state index < -0.39 is 5.91 Å². The highest BCUT2D eigenvalue weighted by atomic mass is 35.5. The standard InChI is InChI=1S/C24H18Cl2N2O2S/c1-14-3-8-18(9-4-14)28-23(29)21(27-20-12-7-17(26)13-15(20)2)22(24(28)30)31-19-10-5-16(25)6-11-19/h3-13,27H,1-2H3. The number of aryl methyl sites for hydroxylation is 2. The molecule has 1 aliphatic rings. The van der Waals surface area contributed by atoms with Crippen molar-refractivity contribution in [3.8, 4) is 0 Å². The molecule has 156 valence electrons. The number of thioether (sulfide) groups is 1. The summed E-state index contributed by atoms with van der Waals surface area (Å²) in [5.74, 6) is -0.775. The summed E-state index contributed by atoms with van der Waals surface area (Å²) >= 11 is 13.3. The molecule has 0 atom stereocenters. The Morgan fingerprint density at radius 1 is 0.806 bits per heavy atom. The van der Waals surface area contributed by atoms with Gasteiger partial charge in [0.2, 0.25) is 0 Å². The Labute approximate surface area is 194 Å². The van der Waals surface area contributed by atoms with Gasteiger partial charge in [0.25, 0.3) is 11.8 Å². The number of imide groups is 1. The molecular formula is C24H18Cl2N2O2S. The van der Waals surface area contributed by atoms with Gasteiger partial charge in [-0.15, -0.1) is 0 Å². The van der Waals surface area contributed by atoms with Crippen LogP contribution in [0.25, 0.3) is 0 Å². The first-order valence-corrected chi connectivity index (χ1v) is 11.1. The SMILES string of the molecule is Cc1ccc(N2C(=O)C(Nc3ccc(Cl)cc3C)=C(Sc3ccc(Cl)cc3)C2=O)cc1. The monoisotopic (exact) mass is 468 g/mol. The lowest BCUT2D eigenvalue weighted by atomic mass is 10.2. The Kier molecular flexibility index (Phi) is 6.10. The van der Waals surface area contributed by atoms with Crippen molar-refractivity contribution in [2.75, 3.05) is 10.2 Å². The number of carbonyl (C=O) groups excluding carboxylic acids is 2. The molecule has 31 heavy (non-hydrogen) atoms. The summed E-state index contributed by atoms with van der Waals surface area (Å²) in [6, 6.07) is 19.7. The molecule has 4 nitrogen and oxygen atoms in total. The maximum Gasteiger partial charge on any atom is 0.283 e. The predicted molar refractivity (Wildman–Crippen MR) is 128 cm³/mol. The van der Waals surface area contributed by atoms with Crippen LogP contribution < -0.4 is 10.2 Å². The Morgan fingerprint density at radius 3 is 2.10 bits per heavy atom. The van der Waals surface area contributed by atoms with Gasteiger partial charge in [-0.25, -0.2) is 4.90 Å². The molecule has 0 fully saturated rings. The molecule has 1 heterocycles. The maximum absolute atomic E-state index is 13.4. The van der Waals surface area contributed by atoms with Gasteiger partial charge in [-0.05, 0) is 74.0 Å². The molecule has 3 aromatic carbocycles. The number of carbonyl (C=O) groups is 2. The fourth-order valence-electron chi connectivity index (χ4n) is 3.17. The van der Waals surface area contributed by atoms with Crippen molar-refractivity contribution in [3.63, 3.8) is 0 Å². The fourth-order valence-corrected chi connectivity index (χ4v) is 4.44. The average Bonchev–Trinajstić information content (AvgIpc) is 2.96. The van der Waals surface area contributed by atoms with Gasteiger partial charge in [-0.3, -0.25) is 9.59 Å². The van der Waals surface area contributed by atoms with E-state index in [1.165, 1.54) is 16.7 Å². The van der Waals surface area contributed by atoms with Crippen LogP contribution in [0.4, 0.5) is 11.4 Å². The van der Waals surface area contributed by atoms with Crippen LogP contribution in [0.1, 0.15) is 11.1 Å². The number of benzene rings is 3. The normalized spacial score (nSPS) is 13.9. The molecule has 0 saturated carbocycles. The molecule has 0 aliphatic carbocycles. The highest BCUT2D eigenvalue weighted by Gasteiger charge is 2.40. The number of amides is 2. The van der Waals surface area contributed by atoms with Crippen molar-refractivity contribution in [1.82, 2.24) is 0 Å². The van der Waals surface area contributed by atoms with Crippen LogP contribution in [0.15, 0.2) is 82.2 Å². The lowest BCUT2D eigenvalue weighted by molar-refractivity contribution is -0.120. The van der Waals surface area contributed by atoms with Crippen LogP contribution in [0.3, 0.4) is 0 Å². The van der Waals surface area contributed by atoms with Gasteiger partial charge in [0.15, 0.2) is 0 Å². The second-order valence-corrected chi connectivity index (χ2v) is 9.08. The quantitative estimate of drug-likeness (QED) is 0.428. The molecule has 1 aliphatic heterocycles. The summed E-state index contributed by atoms with van der Waals surface area (Å²) in [6.45, 7) is 3.84. The summed E-state index contributed by atoms with van der Waals surface area (Å²) in [7, 11) is 0. The first-order valence-electron chi connectivity index (χ1n) is 9.50. The molecule has 0 aromatic heterocycles. The van der Waals surface area contributed by atoms with Gasteiger partial charge in [-0.2, -0.15) is 0 Å². The van der Waals surface area contributed by atoms with Crippen molar-refractivity contribution < 1.29 is 9.59 Å². The summed E-state index contributed by atoms with van der Waals surface area (Å²) in [5, 5.41) is 4.37. The second kappa shape index (κ2) is 8.79. The van der Waals surface area contributed by atoms with Crippen LogP contribution in [0.5, 0.6) is 0 Å². The lowest BCUT2D eigenvalue weighted by Gasteiger charge is -2.16. The zero-order valence-corrected chi connectivity index (χ0v) is 19.1. The first kappa shape index (κ1) is 21.5. The second-order valence-electron chi connectivity index (χ2n) is 7.13. The molecule has 0 unspecified atom stereocenters. The Morgan fingerprint density at radius 2 is 1.45 bits per heavy atom. The topological polar surface area (TPSA) is 49.4 Å². The summed E-state index contributed by atoms with van der Waals surface area (Å²) < 4.78 is 0. The third kappa shape index (κ3) is 4.49. The van der Waals surface area contributed by atoms with E-state index in [4.69, 9.17) is 23.2 Å². The molecule has 0 saturated heterocycles. The van der Waals surface area contributed by atoms with Crippen molar-refractivity contribution in [2.45, 2.75) is 18.7 Å². The Balaban J connectivity index is 1.75. The minimum atomic E-state index is -0.403. The summed E-state index contributed by atoms with van der Waals surface area (Å²) in [5.41, 5.74) is 3.38. The molecule has 0 bridgehead atoms. The van der Waals surface area contributed by atoms with Crippen LogP contribution in [-0.4, -0.2) is 11.8 Å². The largest absolute Gasteiger partial charge is 0.350 e. The van der Waals surface area contributed by atoms with E-state index >= 15 is 0 Å². The molecule has 0 radical (unpaired) electrons. The van der Waals surface area contributed by atoms with Crippen molar-refractivity contribution in [2.24, 2.45) is 0 Å². The smallest absolute Gasteiger partial charge is 0.283 e. The number of halogens is 2. The van der Waals surface area contributed by atoms with Crippen molar-refractivity contribution in [1.29, 1.82) is 0 Å². The van der Waals surface area contributed by atoms with E-state index in [0.717, 1.165) is 16.0 Å². The van der Waals surface area contributed by atoms with Crippen molar-refractivity contribution >= 4 is 58.2 Å². The molecule has 4 rings (SSSR count). The number of nitrogens with zero attached hydrogens (tertiary/aromatic N) is 1. The van der Waals surface area contributed by atoms with E-state index in [-0.39, 0.29) is 11.6 Å². The number of anilines is 2. The first-order chi connectivity index (χ1) is 14.8. The molecule has 2 amide bonds. The van der Waals surface area contributed by atoms with Crippen LogP contribution in [0, 0.1) is 13.8 Å². The van der Waals surface area contributed by atoms with Gasteiger partial charge in [0.1, 0.15) is 10.6 Å². The van der Waals surface area contributed by atoms with E-state index in [9.17, 15) is 9.59 Å². The van der Waals surface area contributed by atoms with Gasteiger partial charge in [0.05, 0.1) is 5.69 Å². The molecule has 0 spiro atoms. The highest BCUT2D eigenvalue weighted by molar-refractivity contribution is 8.04. The third-order valence-corrected chi connectivity index (χ3v) is 6.39. The maximum atomic E-state index is 13.4. The van der Waals surface area contributed by atoms with E-state index in [0.29, 0.717) is 26.3 Å². The van der Waals surface area contributed by atoms with Crippen LogP contribution in [0.2, 0.25) is 10.0 Å². The van der Waals surface area contributed by atoms with E-state index in [1.807, 2.05) is 38.1 Å². The van der Waals surface area contributed by atoms with Crippen molar-refractivity contribution in [3.05, 3.63) is 98.5 Å². The predicted octanol–water partition coefficient (Wildman–Crippen LogP) is 6.60. The van der Waals surface area contributed by atoms with Gasteiger partial charge >= 0.3 is 0 Å². The Bertz CT molecular complexity index is 1210. The number of hydrogen-bond acceptors (Lipinski definition) is 4. The minimum absolute atomic E-state index is 0.232. The Hall–Kier alpha value is -2.73. The van der Waals surface area contributed by atoms with Gasteiger partial charge in [0, 0.05) is 20.6 Å². The minimum Gasteiger partial charge on any atom is -0.350 e. The van der Waals surface area contributed by atoms with E-state index in [1.54, 1.807) is 42.5 Å². The molecule has 1 N–H and O–H groups in total. The number of rotatable bonds is 5. The van der Waals surface area contributed by atoms with Gasteiger partial charge < -0.3 is 5.32 Å². The van der Waals surface area contributed by atoms with Crippen LogP contribution in [-0.2, 0) is 9.59 Å². The fraction of sp³-hybridized carbons (Fsp3) is 0.0833. The zero-order valence-electron chi connectivity index (χ0n) is 16.8. The zero-order chi connectivity index (χ0) is 22.1. The van der Waals surface area contributed by atoms with Gasteiger partial charge in [-0.1, -0.05) is 52.7 Å². The number of hydrogen-bond donors (Lipinski definition) is 1. The van der Waals surface area contributed by atoms with Crippen LogP contribution >= 0.6 is 35.0 Å². The average molecular weight is 469 g/mol. The summed E-state index contributed by atoms with van der Waals surface area (Å²) in [6.07, 6.45) is 0. The molecule has 3 aromatic rings. The number of nitrogens with one attached hydrogen (secondary N) is 1. The lowest BCUT2D eigenvalue weighted by Crippen LogP contribution is -2.32. The third-order valence-electron chi connectivity index (χ3n) is 4.82. The summed E-state index contributed by atoms with van der Waals surface area (Å²) in [4.78, 5) is 29.0.